The number of rotatable bonds is 6. The maximum atomic E-state index is 13.4. The highest BCUT2D eigenvalue weighted by Crippen LogP contribution is 2.20. The van der Waals surface area contributed by atoms with E-state index in [1.54, 1.807) is 36.4 Å². The third-order valence-electron chi connectivity index (χ3n) is 2.76. The molecule has 0 spiro atoms. The molecular weight excluding hydrogens is 339 g/mol. The van der Waals surface area contributed by atoms with Gasteiger partial charge in [-0.2, -0.15) is 0 Å². The molecular formula is C16H14ClFN2O2S. The molecule has 0 aliphatic rings. The molecule has 0 heterocycles. The van der Waals surface area contributed by atoms with Crippen LogP contribution in [0.5, 0.6) is 0 Å². The Morgan fingerprint density at radius 1 is 0.913 bits per heavy atom. The zero-order valence-electron chi connectivity index (χ0n) is 12.0. The zero-order valence-corrected chi connectivity index (χ0v) is 13.6. The molecule has 2 N–H and O–H groups in total. The summed E-state index contributed by atoms with van der Waals surface area (Å²) in [6, 6.07) is 12.8. The number of halogens is 2. The van der Waals surface area contributed by atoms with Crippen LogP contribution in [0.15, 0.2) is 48.5 Å². The van der Waals surface area contributed by atoms with Crippen molar-refractivity contribution in [3.63, 3.8) is 0 Å². The Morgan fingerprint density at radius 3 is 2.04 bits per heavy atom. The van der Waals surface area contributed by atoms with Crippen LogP contribution in [-0.2, 0) is 9.59 Å². The number of nitrogens with one attached hydrogen (secondary N) is 2. The van der Waals surface area contributed by atoms with Crippen molar-refractivity contribution in [2.75, 3.05) is 22.1 Å². The molecule has 7 heteroatoms. The average Bonchev–Trinajstić information content (AvgIpc) is 2.52. The summed E-state index contributed by atoms with van der Waals surface area (Å²) in [6.07, 6.45) is 0. The molecule has 0 aliphatic carbocycles. The SMILES string of the molecule is O=C(CSCC(=O)Nc1ccccc1Cl)Nc1ccccc1F. The Morgan fingerprint density at radius 2 is 1.43 bits per heavy atom. The van der Waals surface area contributed by atoms with Gasteiger partial charge in [0.15, 0.2) is 0 Å². The van der Waals surface area contributed by atoms with E-state index in [4.69, 9.17) is 11.6 Å². The van der Waals surface area contributed by atoms with E-state index in [9.17, 15) is 14.0 Å². The fourth-order valence-corrected chi connectivity index (χ4v) is 2.53. The molecule has 0 atom stereocenters. The molecule has 0 saturated carbocycles. The molecule has 0 bridgehead atoms. The van der Waals surface area contributed by atoms with E-state index in [0.29, 0.717) is 10.7 Å². The van der Waals surface area contributed by atoms with Crippen LogP contribution in [0.25, 0.3) is 0 Å². The first-order valence-electron chi connectivity index (χ1n) is 6.73. The maximum Gasteiger partial charge on any atom is 0.234 e. The Labute approximate surface area is 142 Å². The molecule has 0 aliphatic heterocycles. The molecule has 0 aromatic heterocycles. The summed E-state index contributed by atoms with van der Waals surface area (Å²) in [6.45, 7) is 0. The first-order chi connectivity index (χ1) is 11.1. The van der Waals surface area contributed by atoms with Crippen LogP contribution in [-0.4, -0.2) is 23.3 Å². The Hall–Kier alpha value is -2.05. The lowest BCUT2D eigenvalue weighted by molar-refractivity contribution is -0.114. The summed E-state index contributed by atoms with van der Waals surface area (Å²) in [5.41, 5.74) is 0.647. The van der Waals surface area contributed by atoms with Crippen molar-refractivity contribution in [1.82, 2.24) is 0 Å². The van der Waals surface area contributed by atoms with E-state index in [1.807, 2.05) is 0 Å². The summed E-state index contributed by atoms with van der Waals surface area (Å²) < 4.78 is 13.4. The summed E-state index contributed by atoms with van der Waals surface area (Å²) in [5.74, 6) is -0.991. The van der Waals surface area contributed by atoms with Gasteiger partial charge in [-0.1, -0.05) is 35.9 Å². The van der Waals surface area contributed by atoms with Gasteiger partial charge in [0.1, 0.15) is 5.82 Å². The number of para-hydroxylation sites is 2. The van der Waals surface area contributed by atoms with Crippen LogP contribution in [0.2, 0.25) is 5.02 Å². The third-order valence-corrected chi connectivity index (χ3v) is 4.02. The lowest BCUT2D eigenvalue weighted by Crippen LogP contribution is -2.19. The van der Waals surface area contributed by atoms with Crippen LogP contribution >= 0.6 is 23.4 Å². The molecule has 2 aromatic carbocycles. The third kappa shape index (κ3) is 5.58. The van der Waals surface area contributed by atoms with Gasteiger partial charge in [-0.25, -0.2) is 4.39 Å². The minimum atomic E-state index is -0.498. The summed E-state index contributed by atoms with van der Waals surface area (Å²) in [4.78, 5) is 23.5. The molecule has 120 valence electrons. The highest BCUT2D eigenvalue weighted by Gasteiger charge is 2.09. The monoisotopic (exact) mass is 352 g/mol. The molecule has 0 saturated heterocycles. The summed E-state index contributed by atoms with van der Waals surface area (Å²) in [7, 11) is 0. The van der Waals surface area contributed by atoms with Crippen LogP contribution in [0.1, 0.15) is 0 Å². The van der Waals surface area contributed by atoms with Crippen molar-refractivity contribution in [2.24, 2.45) is 0 Å². The maximum absolute atomic E-state index is 13.4. The fourth-order valence-electron chi connectivity index (χ4n) is 1.73. The van der Waals surface area contributed by atoms with E-state index in [2.05, 4.69) is 10.6 Å². The first-order valence-corrected chi connectivity index (χ1v) is 8.26. The van der Waals surface area contributed by atoms with Gasteiger partial charge in [-0.3, -0.25) is 9.59 Å². The molecule has 0 unspecified atom stereocenters. The number of hydrogen-bond donors (Lipinski definition) is 2. The quantitative estimate of drug-likeness (QED) is 0.831. The van der Waals surface area contributed by atoms with Crippen LogP contribution in [0, 0.1) is 5.82 Å². The van der Waals surface area contributed by atoms with Crippen molar-refractivity contribution in [1.29, 1.82) is 0 Å². The van der Waals surface area contributed by atoms with Crippen LogP contribution in [0.3, 0.4) is 0 Å². The number of carbonyl (C=O) groups is 2. The lowest BCUT2D eigenvalue weighted by Gasteiger charge is -2.07. The average molecular weight is 353 g/mol. The number of benzene rings is 2. The lowest BCUT2D eigenvalue weighted by atomic mass is 10.3. The van der Waals surface area contributed by atoms with Gasteiger partial charge in [-0.15, -0.1) is 11.8 Å². The predicted octanol–water partition coefficient (Wildman–Crippen LogP) is 3.79. The van der Waals surface area contributed by atoms with E-state index < -0.39 is 5.82 Å². The number of hydrogen-bond acceptors (Lipinski definition) is 3. The predicted molar refractivity (Wildman–Crippen MR) is 92.4 cm³/mol. The van der Waals surface area contributed by atoms with Crippen LogP contribution in [0.4, 0.5) is 15.8 Å². The molecule has 4 nitrogen and oxygen atoms in total. The normalized spacial score (nSPS) is 10.2. The Balaban J connectivity index is 1.74. The molecule has 2 amide bonds. The van der Waals surface area contributed by atoms with Crippen molar-refractivity contribution in [3.8, 4) is 0 Å². The minimum absolute atomic E-state index is 0.0459. The van der Waals surface area contributed by atoms with Gasteiger partial charge in [0.05, 0.1) is 27.9 Å². The second kappa shape index (κ2) is 8.55. The topological polar surface area (TPSA) is 58.2 Å². The molecule has 23 heavy (non-hydrogen) atoms. The fraction of sp³-hybridized carbons (Fsp3) is 0.125. The van der Waals surface area contributed by atoms with Gasteiger partial charge in [-0.05, 0) is 24.3 Å². The van der Waals surface area contributed by atoms with Crippen molar-refractivity contribution in [2.45, 2.75) is 0 Å². The largest absolute Gasteiger partial charge is 0.324 e. The Kier molecular flexibility index (Phi) is 6.43. The Bertz CT molecular complexity index is 652. The summed E-state index contributed by atoms with van der Waals surface area (Å²) in [5, 5.41) is 5.56. The minimum Gasteiger partial charge on any atom is -0.324 e. The number of amides is 2. The summed E-state index contributed by atoms with van der Waals surface area (Å²) >= 11 is 7.07. The van der Waals surface area contributed by atoms with Crippen molar-refractivity contribution < 1.29 is 14.0 Å². The highest BCUT2D eigenvalue weighted by atomic mass is 35.5. The van der Waals surface area contributed by atoms with Gasteiger partial charge in [0.25, 0.3) is 0 Å². The van der Waals surface area contributed by atoms with Crippen molar-refractivity contribution in [3.05, 3.63) is 59.4 Å². The smallest absolute Gasteiger partial charge is 0.234 e. The van der Waals surface area contributed by atoms with Gasteiger partial charge in [0.2, 0.25) is 11.8 Å². The second-order valence-electron chi connectivity index (χ2n) is 4.55. The number of anilines is 2. The number of carbonyl (C=O) groups excluding carboxylic acids is 2. The van der Waals surface area contributed by atoms with E-state index >= 15 is 0 Å². The van der Waals surface area contributed by atoms with Gasteiger partial charge >= 0.3 is 0 Å². The van der Waals surface area contributed by atoms with E-state index in [0.717, 1.165) is 11.8 Å². The standard InChI is InChI=1S/C16H14ClFN2O2S/c17-11-5-1-3-7-13(11)19-15(21)9-23-10-16(22)20-14-8-4-2-6-12(14)18/h1-8H,9-10H2,(H,19,21)(H,20,22). The van der Waals surface area contributed by atoms with Crippen LogP contribution < -0.4 is 10.6 Å². The molecule has 2 rings (SSSR count). The highest BCUT2D eigenvalue weighted by molar-refractivity contribution is 8.00. The molecule has 2 aromatic rings. The van der Waals surface area contributed by atoms with E-state index in [-0.39, 0.29) is 29.0 Å². The number of thioether (sulfide) groups is 1. The molecule has 0 fully saturated rings. The van der Waals surface area contributed by atoms with E-state index in [1.165, 1.54) is 12.1 Å². The van der Waals surface area contributed by atoms with Gasteiger partial charge in [0, 0.05) is 0 Å². The van der Waals surface area contributed by atoms with Crippen molar-refractivity contribution >= 4 is 46.6 Å². The second-order valence-corrected chi connectivity index (χ2v) is 5.94. The van der Waals surface area contributed by atoms with Gasteiger partial charge < -0.3 is 10.6 Å². The zero-order chi connectivity index (χ0) is 16.7. The first kappa shape index (κ1) is 17.3. The molecule has 0 radical (unpaired) electrons.